The van der Waals surface area contributed by atoms with Gasteiger partial charge >= 0.3 is 0 Å². The van der Waals surface area contributed by atoms with Crippen molar-refractivity contribution in [2.45, 2.75) is 40.0 Å². The summed E-state index contributed by atoms with van der Waals surface area (Å²) in [6.07, 6.45) is 1.02. The van der Waals surface area contributed by atoms with Crippen molar-refractivity contribution in [3.8, 4) is 11.5 Å². The van der Waals surface area contributed by atoms with Gasteiger partial charge in [-0.15, -0.1) is 0 Å². The first-order valence-corrected chi connectivity index (χ1v) is 10.1. The van der Waals surface area contributed by atoms with Gasteiger partial charge in [0.1, 0.15) is 0 Å². The van der Waals surface area contributed by atoms with Crippen molar-refractivity contribution in [1.82, 2.24) is 10.6 Å². The summed E-state index contributed by atoms with van der Waals surface area (Å²) in [5.41, 5.74) is 3.46. The number of methoxy groups -OCH3 is 2. The molecule has 0 amide bonds. The molecule has 0 fully saturated rings. The molecular weight excluding hydrogens is 366 g/mol. The van der Waals surface area contributed by atoms with Crippen molar-refractivity contribution in [2.75, 3.05) is 27.4 Å². The minimum Gasteiger partial charge on any atom is -0.493 e. The molecule has 0 saturated carbocycles. The molecule has 158 valence electrons. The molecule has 0 bridgehead atoms. The standard InChI is InChI=1S/C23H33N3O3/c1-5-13-29-17-20-10-8-7-9-19(20)16-26-23(24-6-2)25-15-18-11-12-21(27-3)22(14-18)28-4/h7-12,14H,5-6,13,15-17H2,1-4H3,(H2,24,25,26). The molecule has 0 aliphatic rings. The van der Waals surface area contributed by atoms with Gasteiger partial charge in [0.15, 0.2) is 17.5 Å². The van der Waals surface area contributed by atoms with Gasteiger partial charge in [0.25, 0.3) is 0 Å². The summed E-state index contributed by atoms with van der Waals surface area (Å²) < 4.78 is 16.4. The molecule has 0 spiro atoms. The lowest BCUT2D eigenvalue weighted by Crippen LogP contribution is -2.37. The van der Waals surface area contributed by atoms with Gasteiger partial charge in [-0.3, -0.25) is 0 Å². The van der Waals surface area contributed by atoms with Crippen LogP contribution in [0.4, 0.5) is 0 Å². The zero-order chi connectivity index (χ0) is 20.9. The predicted molar refractivity (Wildman–Crippen MR) is 118 cm³/mol. The molecule has 2 aromatic rings. The van der Waals surface area contributed by atoms with E-state index in [1.165, 1.54) is 11.1 Å². The van der Waals surface area contributed by atoms with Crippen LogP contribution in [-0.4, -0.2) is 33.3 Å². The molecule has 0 aliphatic carbocycles. The highest BCUT2D eigenvalue weighted by molar-refractivity contribution is 5.79. The van der Waals surface area contributed by atoms with Crippen LogP contribution < -0.4 is 20.1 Å². The Bertz CT molecular complexity index is 778. The molecule has 6 heteroatoms. The van der Waals surface area contributed by atoms with Crippen molar-refractivity contribution in [2.24, 2.45) is 4.99 Å². The average Bonchev–Trinajstić information content (AvgIpc) is 2.76. The zero-order valence-electron chi connectivity index (χ0n) is 18.0. The third-order valence-electron chi connectivity index (χ3n) is 4.38. The second-order valence-electron chi connectivity index (χ2n) is 6.56. The van der Waals surface area contributed by atoms with Gasteiger partial charge in [-0.05, 0) is 42.2 Å². The minimum atomic E-state index is 0.539. The number of benzene rings is 2. The summed E-state index contributed by atoms with van der Waals surface area (Å²) in [6, 6.07) is 14.2. The Morgan fingerprint density at radius 2 is 1.69 bits per heavy atom. The lowest BCUT2D eigenvalue weighted by atomic mass is 10.1. The van der Waals surface area contributed by atoms with Gasteiger partial charge in [-0.25, -0.2) is 4.99 Å². The fourth-order valence-electron chi connectivity index (χ4n) is 2.87. The van der Waals surface area contributed by atoms with Gasteiger partial charge in [-0.2, -0.15) is 0 Å². The maximum absolute atomic E-state index is 5.71. The molecule has 0 aromatic heterocycles. The van der Waals surface area contributed by atoms with E-state index in [0.717, 1.165) is 31.1 Å². The Morgan fingerprint density at radius 3 is 2.38 bits per heavy atom. The number of rotatable bonds is 11. The fraction of sp³-hybridized carbons (Fsp3) is 0.435. The Kier molecular flexibility index (Phi) is 9.86. The van der Waals surface area contributed by atoms with E-state index < -0.39 is 0 Å². The summed E-state index contributed by atoms with van der Waals surface area (Å²) in [5, 5.41) is 6.71. The summed E-state index contributed by atoms with van der Waals surface area (Å²) in [7, 11) is 3.27. The monoisotopic (exact) mass is 399 g/mol. The van der Waals surface area contributed by atoms with Crippen LogP contribution in [0.15, 0.2) is 47.5 Å². The fourth-order valence-corrected chi connectivity index (χ4v) is 2.87. The van der Waals surface area contributed by atoms with Crippen LogP contribution in [-0.2, 0) is 24.4 Å². The molecular formula is C23H33N3O3. The van der Waals surface area contributed by atoms with E-state index in [0.29, 0.717) is 31.2 Å². The number of hydrogen-bond acceptors (Lipinski definition) is 4. The summed E-state index contributed by atoms with van der Waals surface area (Å²) in [6.45, 7) is 7.59. The molecule has 0 heterocycles. The number of guanidine groups is 1. The Labute approximate surface area is 174 Å². The summed E-state index contributed by atoms with van der Waals surface area (Å²) in [4.78, 5) is 4.70. The second kappa shape index (κ2) is 12.7. The van der Waals surface area contributed by atoms with Gasteiger partial charge in [0, 0.05) is 19.7 Å². The van der Waals surface area contributed by atoms with Crippen LogP contribution in [0.2, 0.25) is 0 Å². The van der Waals surface area contributed by atoms with Crippen LogP contribution in [0.1, 0.15) is 37.0 Å². The molecule has 0 saturated heterocycles. The van der Waals surface area contributed by atoms with Gasteiger partial charge in [0.05, 0.1) is 27.4 Å². The number of ether oxygens (including phenoxy) is 3. The number of nitrogens with one attached hydrogen (secondary N) is 2. The largest absolute Gasteiger partial charge is 0.493 e. The average molecular weight is 400 g/mol. The Balaban J connectivity index is 2.03. The maximum atomic E-state index is 5.71. The lowest BCUT2D eigenvalue weighted by Gasteiger charge is -2.14. The van der Waals surface area contributed by atoms with Crippen molar-refractivity contribution < 1.29 is 14.2 Å². The molecule has 0 radical (unpaired) electrons. The predicted octanol–water partition coefficient (Wildman–Crippen LogP) is 3.89. The van der Waals surface area contributed by atoms with Gasteiger partial charge in [0.2, 0.25) is 0 Å². The van der Waals surface area contributed by atoms with E-state index in [9.17, 15) is 0 Å². The normalized spacial score (nSPS) is 11.2. The zero-order valence-corrected chi connectivity index (χ0v) is 18.0. The molecule has 2 rings (SSSR count). The third kappa shape index (κ3) is 7.31. The van der Waals surface area contributed by atoms with Crippen molar-refractivity contribution in [1.29, 1.82) is 0 Å². The summed E-state index contributed by atoms with van der Waals surface area (Å²) in [5.74, 6) is 2.19. The first-order valence-electron chi connectivity index (χ1n) is 10.1. The number of nitrogens with zero attached hydrogens (tertiary/aromatic N) is 1. The first-order chi connectivity index (χ1) is 14.2. The van der Waals surface area contributed by atoms with E-state index in [1.54, 1.807) is 14.2 Å². The van der Waals surface area contributed by atoms with E-state index in [2.05, 4.69) is 36.6 Å². The number of aliphatic imine (C=N–C) groups is 1. The quantitative estimate of drug-likeness (QED) is 0.341. The highest BCUT2D eigenvalue weighted by atomic mass is 16.5. The summed E-state index contributed by atoms with van der Waals surface area (Å²) >= 11 is 0. The molecule has 2 N–H and O–H groups in total. The van der Waals surface area contributed by atoms with Crippen LogP contribution in [0.3, 0.4) is 0 Å². The van der Waals surface area contributed by atoms with Crippen molar-refractivity contribution in [3.63, 3.8) is 0 Å². The SMILES string of the molecule is CCCOCc1ccccc1CNC(=NCc1ccc(OC)c(OC)c1)NCC. The van der Waals surface area contributed by atoms with E-state index in [-0.39, 0.29) is 0 Å². The minimum absolute atomic E-state index is 0.539. The van der Waals surface area contributed by atoms with Gasteiger partial charge in [-0.1, -0.05) is 37.3 Å². The highest BCUT2D eigenvalue weighted by Gasteiger charge is 2.06. The molecule has 0 aliphatic heterocycles. The van der Waals surface area contributed by atoms with Crippen LogP contribution >= 0.6 is 0 Å². The molecule has 0 unspecified atom stereocenters. The molecule has 6 nitrogen and oxygen atoms in total. The molecule has 29 heavy (non-hydrogen) atoms. The maximum Gasteiger partial charge on any atom is 0.191 e. The topological polar surface area (TPSA) is 64.1 Å². The molecule has 2 aromatic carbocycles. The van der Waals surface area contributed by atoms with E-state index in [4.69, 9.17) is 19.2 Å². The highest BCUT2D eigenvalue weighted by Crippen LogP contribution is 2.27. The first kappa shape index (κ1) is 22.6. The smallest absolute Gasteiger partial charge is 0.191 e. The van der Waals surface area contributed by atoms with Crippen LogP contribution in [0.25, 0.3) is 0 Å². The second-order valence-corrected chi connectivity index (χ2v) is 6.56. The van der Waals surface area contributed by atoms with Gasteiger partial charge < -0.3 is 24.8 Å². The van der Waals surface area contributed by atoms with E-state index >= 15 is 0 Å². The van der Waals surface area contributed by atoms with Crippen molar-refractivity contribution in [3.05, 3.63) is 59.2 Å². The Morgan fingerprint density at radius 1 is 0.931 bits per heavy atom. The number of hydrogen-bond donors (Lipinski definition) is 2. The van der Waals surface area contributed by atoms with E-state index in [1.807, 2.05) is 30.3 Å². The third-order valence-corrected chi connectivity index (χ3v) is 4.38. The van der Waals surface area contributed by atoms with Crippen LogP contribution in [0, 0.1) is 0 Å². The molecule has 0 atom stereocenters. The Hall–Kier alpha value is -2.73. The van der Waals surface area contributed by atoms with Crippen molar-refractivity contribution >= 4 is 5.96 Å². The lowest BCUT2D eigenvalue weighted by molar-refractivity contribution is 0.121. The van der Waals surface area contributed by atoms with Crippen LogP contribution in [0.5, 0.6) is 11.5 Å².